The van der Waals surface area contributed by atoms with Crippen LogP contribution in [-0.2, 0) is 4.79 Å². The van der Waals surface area contributed by atoms with Gasteiger partial charge in [0.2, 0.25) is 5.91 Å². The van der Waals surface area contributed by atoms with Gasteiger partial charge >= 0.3 is 0 Å². The molecule has 1 aliphatic heterocycles. The molecule has 3 aromatic rings. The van der Waals surface area contributed by atoms with E-state index in [1.807, 2.05) is 53.6 Å². The first-order chi connectivity index (χ1) is 14.8. The molecule has 154 valence electrons. The van der Waals surface area contributed by atoms with Crippen LogP contribution in [0.15, 0.2) is 60.0 Å². The maximum atomic E-state index is 13.5. The maximum absolute atomic E-state index is 13.5. The van der Waals surface area contributed by atoms with Gasteiger partial charge in [-0.15, -0.1) is 10.2 Å². The van der Waals surface area contributed by atoms with E-state index in [-0.39, 0.29) is 11.2 Å². The number of amides is 1. The number of benzene rings is 1. The smallest absolute Gasteiger partial charge is 0.240 e. The molecule has 1 amide bonds. The minimum Gasteiger partial charge on any atom is -0.341 e. The number of pyridine rings is 1. The van der Waals surface area contributed by atoms with E-state index in [1.165, 1.54) is 18.2 Å². The van der Waals surface area contributed by atoms with Gasteiger partial charge in [0.15, 0.2) is 11.0 Å². The molecule has 2 fully saturated rings. The van der Waals surface area contributed by atoms with Crippen LogP contribution in [-0.4, -0.2) is 43.6 Å². The quantitative estimate of drug-likeness (QED) is 0.550. The zero-order valence-electron chi connectivity index (χ0n) is 16.9. The molecule has 0 unspecified atom stereocenters. The molecule has 2 aromatic heterocycles. The summed E-state index contributed by atoms with van der Waals surface area (Å²) in [7, 11) is 0. The third-order valence-electron chi connectivity index (χ3n) is 5.71. The van der Waals surface area contributed by atoms with Gasteiger partial charge in [0.25, 0.3) is 0 Å². The van der Waals surface area contributed by atoms with Gasteiger partial charge in [-0.3, -0.25) is 14.3 Å². The Balaban J connectivity index is 1.49. The van der Waals surface area contributed by atoms with Crippen LogP contribution in [0.5, 0.6) is 0 Å². The fourth-order valence-corrected chi connectivity index (χ4v) is 5.18. The first kappa shape index (κ1) is 19.3. The summed E-state index contributed by atoms with van der Waals surface area (Å²) in [5.41, 5.74) is 1.98. The molecule has 0 N–H and O–H groups in total. The van der Waals surface area contributed by atoms with Crippen LogP contribution >= 0.6 is 11.8 Å². The highest BCUT2D eigenvalue weighted by Gasteiger charge is 2.34. The number of thioether (sulfide) groups is 1. The van der Waals surface area contributed by atoms with E-state index in [0.717, 1.165) is 60.9 Å². The maximum Gasteiger partial charge on any atom is 0.240 e. The lowest BCUT2D eigenvalue weighted by Crippen LogP contribution is -2.38. The Labute approximate surface area is 180 Å². The number of aromatic nitrogens is 4. The van der Waals surface area contributed by atoms with E-state index in [2.05, 4.69) is 19.7 Å². The van der Waals surface area contributed by atoms with Gasteiger partial charge in [0, 0.05) is 37.1 Å². The van der Waals surface area contributed by atoms with Crippen molar-refractivity contribution in [2.24, 2.45) is 0 Å². The highest BCUT2D eigenvalue weighted by atomic mass is 32.2. The number of hydrogen-bond acceptors (Lipinski definition) is 5. The fourth-order valence-electron chi connectivity index (χ4n) is 3.99. The normalized spacial score (nSPS) is 17.7. The second-order valence-electron chi connectivity index (χ2n) is 7.94. The summed E-state index contributed by atoms with van der Waals surface area (Å²) < 4.78 is 2.21. The molecule has 5 rings (SSSR count). The first-order valence-electron chi connectivity index (χ1n) is 10.7. The minimum absolute atomic E-state index is 0.180. The van der Waals surface area contributed by atoms with Crippen LogP contribution in [0.3, 0.4) is 0 Å². The fraction of sp³-hybridized carbons (Fsp3) is 0.391. The van der Waals surface area contributed by atoms with Crippen LogP contribution < -0.4 is 0 Å². The summed E-state index contributed by atoms with van der Waals surface area (Å²) in [6.45, 7) is 1.69. The summed E-state index contributed by atoms with van der Waals surface area (Å²) in [5, 5.41) is 9.52. The average molecular weight is 420 g/mol. The van der Waals surface area contributed by atoms with E-state index in [0.29, 0.717) is 6.04 Å². The second kappa shape index (κ2) is 8.60. The van der Waals surface area contributed by atoms with E-state index >= 15 is 0 Å². The lowest BCUT2D eigenvalue weighted by Gasteiger charge is -2.30. The van der Waals surface area contributed by atoms with Crippen molar-refractivity contribution in [3.8, 4) is 11.4 Å². The number of rotatable bonds is 6. The summed E-state index contributed by atoms with van der Waals surface area (Å²) in [5.74, 6) is 1.02. The Bertz CT molecular complexity index is 997. The van der Waals surface area contributed by atoms with Gasteiger partial charge in [-0.2, -0.15) is 0 Å². The third-order valence-corrected chi connectivity index (χ3v) is 6.91. The van der Waals surface area contributed by atoms with E-state index in [1.54, 1.807) is 6.20 Å². The number of carbonyl (C=O) groups excluding carboxylic acids is 1. The Kier molecular flexibility index (Phi) is 5.53. The number of carbonyl (C=O) groups is 1. The minimum atomic E-state index is -0.312. The predicted octanol–water partition coefficient (Wildman–Crippen LogP) is 4.52. The lowest BCUT2D eigenvalue weighted by molar-refractivity contribution is -0.131. The molecule has 1 aromatic carbocycles. The molecule has 6 nitrogen and oxygen atoms in total. The summed E-state index contributed by atoms with van der Waals surface area (Å²) >= 11 is 1.53. The summed E-state index contributed by atoms with van der Waals surface area (Å²) in [4.78, 5) is 19.8. The summed E-state index contributed by atoms with van der Waals surface area (Å²) in [6.07, 6.45) is 9.20. The van der Waals surface area contributed by atoms with E-state index < -0.39 is 0 Å². The van der Waals surface area contributed by atoms with Crippen molar-refractivity contribution in [2.75, 3.05) is 13.1 Å². The SMILES string of the molecule is O=C([C@H](Sc1nnc(-c2cccnc2)n1C1CC1)c1ccccc1)N1CCCCC1. The van der Waals surface area contributed by atoms with Gasteiger partial charge in [0.05, 0.1) is 0 Å². The largest absolute Gasteiger partial charge is 0.341 e. The standard InChI is InChI=1S/C23H25N5OS/c29-22(27-14-5-2-6-15-27)20(17-8-3-1-4-9-17)30-23-26-25-21(28(23)19-11-12-19)18-10-7-13-24-16-18/h1,3-4,7-10,13,16,19-20H,2,5-6,11-12,14-15H2/t20-/m1/s1. The molecule has 2 aliphatic rings. The van der Waals surface area contributed by atoms with Crippen molar-refractivity contribution < 1.29 is 4.79 Å². The molecule has 0 radical (unpaired) electrons. The molecule has 0 spiro atoms. The zero-order valence-corrected chi connectivity index (χ0v) is 17.7. The number of piperidine rings is 1. The van der Waals surface area contributed by atoms with Crippen LogP contribution in [0, 0.1) is 0 Å². The van der Waals surface area contributed by atoms with Crippen molar-refractivity contribution in [3.05, 3.63) is 60.4 Å². The van der Waals surface area contributed by atoms with Crippen LogP contribution in [0.2, 0.25) is 0 Å². The predicted molar refractivity (Wildman–Crippen MR) is 117 cm³/mol. The zero-order chi connectivity index (χ0) is 20.3. The van der Waals surface area contributed by atoms with Crippen molar-refractivity contribution in [3.63, 3.8) is 0 Å². The van der Waals surface area contributed by atoms with E-state index in [9.17, 15) is 4.79 Å². The highest BCUT2D eigenvalue weighted by molar-refractivity contribution is 8.00. The van der Waals surface area contributed by atoms with Gasteiger partial charge in [0.1, 0.15) is 5.25 Å². The Hall–Kier alpha value is -2.67. The molecule has 1 saturated carbocycles. The Morgan fingerprint density at radius 3 is 2.50 bits per heavy atom. The number of nitrogens with zero attached hydrogens (tertiary/aromatic N) is 5. The van der Waals surface area contributed by atoms with Crippen LogP contribution in [0.25, 0.3) is 11.4 Å². The molecule has 3 heterocycles. The third kappa shape index (κ3) is 3.99. The molecule has 7 heteroatoms. The van der Waals surface area contributed by atoms with Crippen molar-refractivity contribution >= 4 is 17.7 Å². The topological polar surface area (TPSA) is 63.9 Å². The van der Waals surface area contributed by atoms with Gasteiger partial charge in [-0.1, -0.05) is 42.1 Å². The Morgan fingerprint density at radius 2 is 1.80 bits per heavy atom. The van der Waals surface area contributed by atoms with Gasteiger partial charge in [-0.05, 0) is 49.8 Å². The molecular formula is C23H25N5OS. The number of likely N-dealkylation sites (tertiary alicyclic amines) is 1. The highest BCUT2D eigenvalue weighted by Crippen LogP contribution is 2.44. The second-order valence-corrected chi connectivity index (χ2v) is 9.02. The summed E-state index contributed by atoms with van der Waals surface area (Å²) in [6, 6.07) is 14.4. The lowest BCUT2D eigenvalue weighted by atomic mass is 10.1. The van der Waals surface area contributed by atoms with Crippen molar-refractivity contribution in [1.82, 2.24) is 24.6 Å². The molecule has 1 aliphatic carbocycles. The molecular weight excluding hydrogens is 394 g/mol. The average Bonchev–Trinajstić information content (AvgIpc) is 3.58. The van der Waals surface area contributed by atoms with Crippen molar-refractivity contribution in [1.29, 1.82) is 0 Å². The van der Waals surface area contributed by atoms with Gasteiger partial charge < -0.3 is 4.90 Å². The van der Waals surface area contributed by atoms with Crippen LogP contribution in [0.4, 0.5) is 0 Å². The molecule has 1 atom stereocenters. The van der Waals surface area contributed by atoms with Gasteiger partial charge in [-0.25, -0.2) is 0 Å². The molecule has 30 heavy (non-hydrogen) atoms. The van der Waals surface area contributed by atoms with Crippen molar-refractivity contribution in [2.45, 2.75) is 48.6 Å². The van der Waals surface area contributed by atoms with Crippen LogP contribution in [0.1, 0.15) is 49.0 Å². The molecule has 1 saturated heterocycles. The number of hydrogen-bond donors (Lipinski definition) is 0. The Morgan fingerprint density at radius 1 is 1.00 bits per heavy atom. The molecule has 0 bridgehead atoms. The first-order valence-corrected chi connectivity index (χ1v) is 11.5. The monoisotopic (exact) mass is 419 g/mol. The van der Waals surface area contributed by atoms with E-state index in [4.69, 9.17) is 0 Å².